The zero-order chi connectivity index (χ0) is 16.6. The lowest BCUT2D eigenvalue weighted by Gasteiger charge is -2.15. The Labute approximate surface area is 133 Å². The number of nitro groups is 1. The van der Waals surface area contributed by atoms with Gasteiger partial charge in [-0.2, -0.15) is 4.39 Å². The topological polar surface area (TPSA) is 85.5 Å². The zero-order valence-corrected chi connectivity index (χ0v) is 12.6. The molecular weight excluding hydrogens is 396 g/mol. The number of hydrogen-bond donors (Lipinski definition) is 1. The van der Waals surface area contributed by atoms with Crippen LogP contribution in [0.4, 0.5) is 18.9 Å². The maximum absolute atomic E-state index is 13.1. The fourth-order valence-corrected chi connectivity index (χ4v) is 2.22. The Morgan fingerprint density at radius 3 is 2.64 bits per heavy atom. The summed E-state index contributed by atoms with van der Waals surface area (Å²) in [5.74, 6) is -1.29. The summed E-state index contributed by atoms with van der Waals surface area (Å²) in [6, 6.07) is 1.11. The number of benzene rings is 1. The van der Waals surface area contributed by atoms with Crippen molar-refractivity contribution in [3.63, 3.8) is 0 Å². The van der Waals surface area contributed by atoms with E-state index in [0.717, 1.165) is 6.07 Å². The van der Waals surface area contributed by atoms with Crippen molar-refractivity contribution in [2.45, 2.75) is 12.8 Å². The van der Waals surface area contributed by atoms with Crippen LogP contribution in [0, 0.1) is 10.1 Å². The van der Waals surface area contributed by atoms with Crippen LogP contribution in [0.5, 0.6) is 11.5 Å². The van der Waals surface area contributed by atoms with Crippen LogP contribution in [0.25, 0.3) is 10.9 Å². The number of alkyl halides is 3. The van der Waals surface area contributed by atoms with E-state index in [9.17, 15) is 28.4 Å². The third kappa shape index (κ3) is 2.88. The van der Waals surface area contributed by atoms with E-state index in [0.29, 0.717) is 6.20 Å². The summed E-state index contributed by atoms with van der Waals surface area (Å²) in [6.45, 7) is 0. The molecule has 22 heavy (non-hydrogen) atoms. The van der Waals surface area contributed by atoms with Gasteiger partial charge >= 0.3 is 12.1 Å². The molecule has 0 aliphatic rings. The van der Waals surface area contributed by atoms with Crippen LogP contribution in [0.3, 0.4) is 0 Å². The molecule has 11 heteroatoms. The van der Waals surface area contributed by atoms with Gasteiger partial charge in [-0.3, -0.25) is 10.1 Å². The Balaban J connectivity index is 2.72. The molecule has 0 radical (unpaired) electrons. The second kappa shape index (κ2) is 6.13. The highest BCUT2D eigenvalue weighted by Gasteiger charge is 2.27. The molecule has 0 bridgehead atoms. The second-order valence-corrected chi connectivity index (χ2v) is 5.15. The average Bonchev–Trinajstić information content (AvgIpc) is 2.44. The van der Waals surface area contributed by atoms with E-state index in [-0.39, 0.29) is 20.4 Å². The van der Waals surface area contributed by atoms with Gasteiger partial charge in [-0.1, -0.05) is 11.6 Å². The SMILES string of the molecule is O=[N+]([O-])c1cnc2c(OC(F)C(F)F)c(Br)c(Cl)cc2c1O. The van der Waals surface area contributed by atoms with Crippen LogP contribution < -0.4 is 4.74 Å². The summed E-state index contributed by atoms with van der Waals surface area (Å²) in [5.41, 5.74) is -0.981. The van der Waals surface area contributed by atoms with Gasteiger partial charge in [-0.05, 0) is 22.0 Å². The molecule has 1 aromatic carbocycles. The highest BCUT2D eigenvalue weighted by atomic mass is 79.9. The maximum atomic E-state index is 13.1. The van der Waals surface area contributed by atoms with Gasteiger partial charge in [-0.15, -0.1) is 0 Å². The third-order valence-electron chi connectivity index (χ3n) is 2.59. The lowest BCUT2D eigenvalue weighted by molar-refractivity contribution is -0.386. The summed E-state index contributed by atoms with van der Waals surface area (Å²) in [4.78, 5) is 13.5. The van der Waals surface area contributed by atoms with E-state index < -0.39 is 34.9 Å². The summed E-state index contributed by atoms with van der Waals surface area (Å²) < 4.78 is 42.1. The predicted octanol–water partition coefficient (Wildman–Crippen LogP) is 4.20. The zero-order valence-electron chi connectivity index (χ0n) is 10.3. The van der Waals surface area contributed by atoms with Gasteiger partial charge in [0.05, 0.1) is 19.8 Å². The number of hydrogen-bond acceptors (Lipinski definition) is 5. The summed E-state index contributed by atoms with van der Waals surface area (Å²) >= 11 is 8.74. The van der Waals surface area contributed by atoms with E-state index in [2.05, 4.69) is 25.7 Å². The number of pyridine rings is 1. The van der Waals surface area contributed by atoms with Crippen LogP contribution in [-0.2, 0) is 0 Å². The van der Waals surface area contributed by atoms with E-state index in [1.165, 1.54) is 0 Å². The molecule has 1 unspecified atom stereocenters. The molecule has 1 heterocycles. The molecule has 0 aliphatic carbocycles. The van der Waals surface area contributed by atoms with Crippen molar-refractivity contribution in [3.05, 3.63) is 31.9 Å². The van der Waals surface area contributed by atoms with Gasteiger partial charge in [0.1, 0.15) is 11.7 Å². The molecule has 2 rings (SSSR count). The van der Waals surface area contributed by atoms with Gasteiger partial charge in [0, 0.05) is 0 Å². The summed E-state index contributed by atoms with van der Waals surface area (Å²) in [6.07, 6.45) is -5.69. The monoisotopic (exact) mass is 400 g/mol. The molecule has 118 valence electrons. The molecule has 2 aromatic rings. The number of aromatic nitrogens is 1. The highest BCUT2D eigenvalue weighted by molar-refractivity contribution is 9.10. The maximum Gasteiger partial charge on any atom is 0.329 e. The number of fused-ring (bicyclic) bond motifs is 1. The smallest absolute Gasteiger partial charge is 0.329 e. The van der Waals surface area contributed by atoms with E-state index in [1.807, 2.05) is 0 Å². The summed E-state index contributed by atoms with van der Waals surface area (Å²) in [7, 11) is 0. The number of halogens is 5. The minimum absolute atomic E-state index is 0.0780. The van der Waals surface area contributed by atoms with Crippen molar-refractivity contribution < 1.29 is 27.9 Å². The van der Waals surface area contributed by atoms with E-state index in [4.69, 9.17) is 11.6 Å². The van der Waals surface area contributed by atoms with Gasteiger partial charge in [0.2, 0.25) is 5.75 Å². The second-order valence-electron chi connectivity index (χ2n) is 3.95. The molecule has 0 spiro atoms. The largest absolute Gasteiger partial charge is 0.502 e. The van der Waals surface area contributed by atoms with Crippen molar-refractivity contribution >= 4 is 44.1 Å². The molecule has 0 fully saturated rings. The molecule has 6 nitrogen and oxygen atoms in total. The van der Waals surface area contributed by atoms with Gasteiger partial charge in [-0.25, -0.2) is 13.8 Å². The first-order chi connectivity index (χ1) is 10.2. The van der Waals surface area contributed by atoms with E-state index >= 15 is 0 Å². The molecule has 0 amide bonds. The van der Waals surface area contributed by atoms with Crippen molar-refractivity contribution in [1.82, 2.24) is 4.98 Å². The molecule has 1 N–H and O–H groups in total. The number of rotatable bonds is 4. The lowest BCUT2D eigenvalue weighted by Crippen LogP contribution is -2.20. The fourth-order valence-electron chi connectivity index (χ4n) is 1.63. The van der Waals surface area contributed by atoms with Crippen molar-refractivity contribution in [3.8, 4) is 11.5 Å². The minimum Gasteiger partial charge on any atom is -0.502 e. The number of nitrogens with zero attached hydrogens (tertiary/aromatic N) is 2. The Bertz CT molecular complexity index is 762. The predicted molar refractivity (Wildman–Crippen MR) is 74.3 cm³/mol. The van der Waals surface area contributed by atoms with Crippen molar-refractivity contribution in [2.24, 2.45) is 0 Å². The molecule has 0 saturated heterocycles. The first-order valence-corrected chi connectivity index (χ1v) is 6.64. The Morgan fingerprint density at radius 2 is 2.09 bits per heavy atom. The normalized spacial score (nSPS) is 12.6. The van der Waals surface area contributed by atoms with Gasteiger partial charge < -0.3 is 9.84 Å². The van der Waals surface area contributed by atoms with Crippen LogP contribution in [0.1, 0.15) is 0 Å². The third-order valence-corrected chi connectivity index (χ3v) is 3.90. The number of aromatic hydroxyl groups is 1. The molecular formula is C11H5BrClF3N2O4. The number of ether oxygens (including phenoxy) is 1. The van der Waals surface area contributed by atoms with Gasteiger partial charge in [0.25, 0.3) is 6.36 Å². The fraction of sp³-hybridized carbons (Fsp3) is 0.182. The summed E-state index contributed by atoms with van der Waals surface area (Å²) in [5, 5.41) is 20.2. The van der Waals surface area contributed by atoms with Crippen molar-refractivity contribution in [1.29, 1.82) is 0 Å². The lowest BCUT2D eigenvalue weighted by atomic mass is 10.1. The van der Waals surface area contributed by atoms with Gasteiger partial charge in [0.15, 0.2) is 5.75 Å². The van der Waals surface area contributed by atoms with Crippen LogP contribution >= 0.6 is 27.5 Å². The Hall–Kier alpha value is -1.81. The highest BCUT2D eigenvalue weighted by Crippen LogP contribution is 2.44. The first-order valence-electron chi connectivity index (χ1n) is 5.47. The molecule has 0 aliphatic heterocycles. The Kier molecular flexibility index (Phi) is 4.61. The standard InChI is InChI=1S/C11H5BrClF3N2O4/c12-6-4(13)1-3-7(9(6)22-11(16)10(14)15)17-2-5(8(3)19)18(20)21/h1-2,10-11H,(H,17,19). The van der Waals surface area contributed by atoms with Crippen LogP contribution in [-0.4, -0.2) is 27.8 Å². The van der Waals surface area contributed by atoms with E-state index in [1.54, 1.807) is 0 Å². The molecule has 1 atom stereocenters. The average molecular weight is 402 g/mol. The molecule has 1 aromatic heterocycles. The Morgan fingerprint density at radius 1 is 1.45 bits per heavy atom. The van der Waals surface area contributed by atoms with Crippen molar-refractivity contribution in [2.75, 3.05) is 0 Å². The first kappa shape index (κ1) is 16.6. The quantitative estimate of drug-likeness (QED) is 0.613. The minimum atomic E-state index is -3.42. The molecule has 0 saturated carbocycles. The van der Waals surface area contributed by atoms with Crippen LogP contribution in [0.15, 0.2) is 16.7 Å². The van der Waals surface area contributed by atoms with Crippen LogP contribution in [0.2, 0.25) is 5.02 Å².